The Labute approximate surface area is 116 Å². The van der Waals surface area contributed by atoms with Crippen LogP contribution in [0.2, 0.25) is 0 Å². The largest absolute Gasteiger partial charge is 0.465 e. The van der Waals surface area contributed by atoms with Crippen LogP contribution in [0.25, 0.3) is 16.7 Å². The number of carbonyl (C=O) groups excluding carboxylic acids is 1. The number of rotatable bonds is 2. The Hall–Kier alpha value is -2.62. The van der Waals surface area contributed by atoms with Gasteiger partial charge in [0.1, 0.15) is 5.82 Å². The summed E-state index contributed by atoms with van der Waals surface area (Å²) in [5, 5.41) is 0.877. The van der Waals surface area contributed by atoms with E-state index in [1.165, 1.54) is 7.11 Å². The molecule has 0 atom stereocenters. The number of aromatic nitrogens is 2. The summed E-state index contributed by atoms with van der Waals surface area (Å²) >= 11 is 0. The summed E-state index contributed by atoms with van der Waals surface area (Å²) in [7, 11) is 1.39. The molecule has 0 aliphatic rings. The highest BCUT2D eigenvalue weighted by Crippen LogP contribution is 2.26. The van der Waals surface area contributed by atoms with Crippen LogP contribution < -0.4 is 0 Å². The molecule has 0 aliphatic carbocycles. The minimum absolute atomic E-state index is 0.325. The van der Waals surface area contributed by atoms with E-state index in [9.17, 15) is 4.79 Å². The Bertz CT molecular complexity index is 776. The van der Waals surface area contributed by atoms with Gasteiger partial charge in [-0.05, 0) is 37.3 Å². The molecule has 0 radical (unpaired) electrons. The van der Waals surface area contributed by atoms with Crippen molar-refractivity contribution in [2.24, 2.45) is 0 Å². The highest BCUT2D eigenvalue weighted by atomic mass is 16.5. The molecular formula is C16H14N2O2. The van der Waals surface area contributed by atoms with E-state index in [1.807, 2.05) is 47.9 Å². The van der Waals surface area contributed by atoms with Crippen LogP contribution in [-0.2, 0) is 4.74 Å². The normalized spacial score (nSPS) is 10.7. The summed E-state index contributed by atoms with van der Waals surface area (Å²) in [5.74, 6) is 0.510. The number of hydrogen-bond donors (Lipinski definition) is 0. The molecule has 0 N–H and O–H groups in total. The molecule has 0 unspecified atom stereocenters. The van der Waals surface area contributed by atoms with Crippen molar-refractivity contribution in [1.29, 1.82) is 0 Å². The van der Waals surface area contributed by atoms with Gasteiger partial charge in [-0.15, -0.1) is 0 Å². The number of esters is 1. The van der Waals surface area contributed by atoms with Crippen LogP contribution in [-0.4, -0.2) is 22.6 Å². The van der Waals surface area contributed by atoms with Gasteiger partial charge in [0, 0.05) is 17.3 Å². The van der Waals surface area contributed by atoms with E-state index in [0.29, 0.717) is 5.56 Å². The third-order valence-corrected chi connectivity index (χ3v) is 3.31. The summed E-state index contributed by atoms with van der Waals surface area (Å²) in [6.45, 7) is 2.00. The van der Waals surface area contributed by atoms with Crippen LogP contribution in [0.1, 0.15) is 16.1 Å². The van der Waals surface area contributed by atoms with Crippen molar-refractivity contribution in [3.63, 3.8) is 0 Å². The summed E-state index contributed by atoms with van der Waals surface area (Å²) < 4.78 is 6.86. The smallest absolute Gasteiger partial charge is 0.338 e. The summed E-state index contributed by atoms with van der Waals surface area (Å²) in [6.07, 6.45) is 1.75. The van der Waals surface area contributed by atoms with Gasteiger partial charge < -0.3 is 4.74 Å². The van der Waals surface area contributed by atoms with Crippen molar-refractivity contribution in [2.75, 3.05) is 7.11 Å². The maximum atomic E-state index is 11.8. The summed E-state index contributed by atoms with van der Waals surface area (Å²) in [4.78, 5) is 16.2. The van der Waals surface area contributed by atoms with Crippen molar-refractivity contribution in [2.45, 2.75) is 6.92 Å². The van der Waals surface area contributed by atoms with E-state index in [1.54, 1.807) is 12.3 Å². The zero-order valence-corrected chi connectivity index (χ0v) is 11.3. The predicted molar refractivity (Wildman–Crippen MR) is 77.1 cm³/mol. The lowest BCUT2D eigenvalue weighted by molar-refractivity contribution is 0.0603. The zero-order valence-electron chi connectivity index (χ0n) is 11.3. The molecule has 2 heterocycles. The zero-order chi connectivity index (χ0) is 14.1. The number of fused-ring (bicyclic) bond motifs is 1. The first-order chi connectivity index (χ1) is 9.72. The Morgan fingerprint density at radius 1 is 1.20 bits per heavy atom. The molecule has 20 heavy (non-hydrogen) atoms. The molecule has 0 fully saturated rings. The molecule has 0 spiro atoms. The van der Waals surface area contributed by atoms with Gasteiger partial charge in [-0.1, -0.05) is 12.1 Å². The van der Waals surface area contributed by atoms with Crippen LogP contribution in [0, 0.1) is 6.92 Å². The molecule has 0 amide bonds. The van der Waals surface area contributed by atoms with Crippen molar-refractivity contribution >= 4 is 16.9 Å². The van der Waals surface area contributed by atoms with Crippen LogP contribution in [0.4, 0.5) is 0 Å². The molecule has 0 bridgehead atoms. The van der Waals surface area contributed by atoms with E-state index in [2.05, 4.69) is 4.98 Å². The Morgan fingerprint density at radius 2 is 2.05 bits per heavy atom. The van der Waals surface area contributed by atoms with Gasteiger partial charge in [-0.3, -0.25) is 4.57 Å². The standard InChI is InChI=1S/C16H14N2O2/c1-11-10-13-12(16(19)20-2)6-5-7-14(13)18(11)15-8-3-4-9-17-15/h3-10H,1-2H3. The third-order valence-electron chi connectivity index (χ3n) is 3.31. The molecule has 4 nitrogen and oxygen atoms in total. The van der Waals surface area contributed by atoms with Crippen LogP contribution in [0.15, 0.2) is 48.7 Å². The van der Waals surface area contributed by atoms with E-state index in [0.717, 1.165) is 22.4 Å². The molecule has 0 aliphatic heterocycles. The second kappa shape index (κ2) is 4.81. The summed E-state index contributed by atoms with van der Waals surface area (Å²) in [6, 6.07) is 13.4. The first kappa shape index (κ1) is 12.4. The van der Waals surface area contributed by atoms with Crippen LogP contribution in [0.5, 0.6) is 0 Å². The van der Waals surface area contributed by atoms with Crippen molar-refractivity contribution in [1.82, 2.24) is 9.55 Å². The molecule has 2 aromatic heterocycles. The number of carbonyl (C=O) groups is 1. The fourth-order valence-electron chi connectivity index (χ4n) is 2.44. The average Bonchev–Trinajstić information content (AvgIpc) is 2.83. The van der Waals surface area contributed by atoms with Gasteiger partial charge in [0.05, 0.1) is 18.2 Å². The molecular weight excluding hydrogens is 252 g/mol. The van der Waals surface area contributed by atoms with Gasteiger partial charge in [0.2, 0.25) is 0 Å². The number of nitrogens with zero attached hydrogens (tertiary/aromatic N) is 2. The predicted octanol–water partition coefficient (Wildman–Crippen LogP) is 3.12. The Morgan fingerprint density at radius 3 is 2.75 bits per heavy atom. The first-order valence-electron chi connectivity index (χ1n) is 6.33. The van der Waals surface area contributed by atoms with Gasteiger partial charge in [-0.2, -0.15) is 0 Å². The second-order valence-electron chi connectivity index (χ2n) is 4.54. The highest BCUT2D eigenvalue weighted by Gasteiger charge is 2.15. The number of ether oxygens (including phenoxy) is 1. The molecule has 0 saturated carbocycles. The SMILES string of the molecule is COC(=O)c1cccc2c1cc(C)n2-c1ccccn1. The van der Waals surface area contributed by atoms with Gasteiger partial charge in [0.15, 0.2) is 0 Å². The molecule has 3 rings (SSSR count). The van der Waals surface area contributed by atoms with Crippen molar-refractivity contribution in [3.8, 4) is 5.82 Å². The second-order valence-corrected chi connectivity index (χ2v) is 4.54. The minimum Gasteiger partial charge on any atom is -0.465 e. The lowest BCUT2D eigenvalue weighted by Gasteiger charge is -2.07. The van der Waals surface area contributed by atoms with Gasteiger partial charge >= 0.3 is 5.97 Å². The van der Waals surface area contributed by atoms with Crippen molar-refractivity contribution in [3.05, 3.63) is 59.9 Å². The van der Waals surface area contributed by atoms with Crippen LogP contribution >= 0.6 is 0 Å². The van der Waals surface area contributed by atoms with Crippen LogP contribution in [0.3, 0.4) is 0 Å². The van der Waals surface area contributed by atoms with E-state index >= 15 is 0 Å². The monoisotopic (exact) mass is 266 g/mol. The van der Waals surface area contributed by atoms with Crippen molar-refractivity contribution < 1.29 is 9.53 Å². The van der Waals surface area contributed by atoms with Gasteiger partial charge in [0.25, 0.3) is 0 Å². The maximum Gasteiger partial charge on any atom is 0.338 e. The van der Waals surface area contributed by atoms with E-state index < -0.39 is 0 Å². The fourth-order valence-corrected chi connectivity index (χ4v) is 2.44. The fraction of sp³-hybridized carbons (Fsp3) is 0.125. The summed E-state index contributed by atoms with van der Waals surface area (Å²) in [5.41, 5.74) is 2.54. The van der Waals surface area contributed by atoms with Gasteiger partial charge in [-0.25, -0.2) is 9.78 Å². The Kier molecular flexibility index (Phi) is 2.99. The lowest BCUT2D eigenvalue weighted by atomic mass is 10.1. The maximum absolute atomic E-state index is 11.8. The third kappa shape index (κ3) is 1.86. The first-order valence-corrected chi connectivity index (χ1v) is 6.33. The highest BCUT2D eigenvalue weighted by molar-refractivity contribution is 6.04. The molecule has 3 aromatic rings. The average molecular weight is 266 g/mol. The number of hydrogen-bond acceptors (Lipinski definition) is 3. The minimum atomic E-state index is -0.325. The molecule has 1 aromatic carbocycles. The number of aryl methyl sites for hydroxylation is 1. The number of benzene rings is 1. The molecule has 100 valence electrons. The van der Waals surface area contributed by atoms with E-state index in [4.69, 9.17) is 4.74 Å². The lowest BCUT2D eigenvalue weighted by Crippen LogP contribution is -2.02. The quantitative estimate of drug-likeness (QED) is 0.669. The molecule has 0 saturated heterocycles. The number of methoxy groups -OCH3 is 1. The Balaban J connectivity index is 2.31. The van der Waals surface area contributed by atoms with E-state index in [-0.39, 0.29) is 5.97 Å². The number of pyridine rings is 1. The topological polar surface area (TPSA) is 44.1 Å². The molecule has 4 heteroatoms.